The van der Waals surface area contributed by atoms with E-state index in [0.717, 1.165) is 5.69 Å². The zero-order chi connectivity index (χ0) is 7.82. The minimum absolute atomic E-state index is 0. The van der Waals surface area contributed by atoms with Crippen molar-refractivity contribution in [2.45, 2.75) is 5.75 Å². The number of nitrogens with one attached hydrogen (secondary N) is 1. The molecule has 0 fully saturated rings. The molecule has 70 valence electrons. The van der Waals surface area contributed by atoms with Gasteiger partial charge in [-0.15, -0.1) is 0 Å². The van der Waals surface area contributed by atoms with E-state index in [1.54, 1.807) is 6.20 Å². The van der Waals surface area contributed by atoms with Crippen LogP contribution in [0.1, 0.15) is 5.69 Å². The summed E-state index contributed by atoms with van der Waals surface area (Å²) in [5.41, 5.74) is 0.989. The molecule has 6 heteroatoms. The first kappa shape index (κ1) is 14.3. The molecule has 1 rings (SSSR count). The van der Waals surface area contributed by atoms with Crippen molar-refractivity contribution in [1.82, 2.24) is 10.2 Å². The van der Waals surface area contributed by atoms with Crippen LogP contribution in [0, 0.1) is 7.43 Å². The Balaban J connectivity index is 0. The Hall–Kier alpha value is 0.802. The van der Waals surface area contributed by atoms with Crippen LogP contribution in [-0.4, -0.2) is 10.2 Å². The van der Waals surface area contributed by atoms with Gasteiger partial charge < -0.3 is 7.43 Å². The van der Waals surface area contributed by atoms with Gasteiger partial charge in [0, 0.05) is 11.9 Å². The Morgan fingerprint density at radius 2 is 2.18 bits per heavy atom. The Bertz CT molecular complexity index is 148. The first-order valence-corrected chi connectivity index (χ1v) is 6.90. The van der Waals surface area contributed by atoms with Crippen LogP contribution < -0.4 is 0 Å². The third-order valence-electron chi connectivity index (χ3n) is 0.720. The molecule has 0 bridgehead atoms. The maximum atomic E-state index is 4.81. The Labute approximate surface area is 88.6 Å². The van der Waals surface area contributed by atoms with Crippen molar-refractivity contribution in [3.8, 4) is 0 Å². The molecule has 0 unspecified atom stereocenters. The molecule has 0 aliphatic carbocycles. The van der Waals surface area contributed by atoms with E-state index in [1.807, 2.05) is 6.07 Å². The van der Waals surface area contributed by atoms with Gasteiger partial charge in [0.15, 0.2) is 0 Å². The number of halogens is 2. The van der Waals surface area contributed by atoms with Crippen LogP contribution in [0.25, 0.3) is 0 Å². The molecule has 0 aliphatic heterocycles. The van der Waals surface area contributed by atoms with Gasteiger partial charge in [-0.2, -0.15) is 17.7 Å². The molecule has 11 heavy (non-hydrogen) atoms. The van der Waals surface area contributed by atoms with Crippen LogP contribution in [0.2, 0.25) is 0 Å². The van der Waals surface area contributed by atoms with Crippen LogP contribution in [0.4, 0.5) is 0 Å². The molecular weight excluding hydrogens is 297 g/mol. The average molecular weight is 307 g/mol. The molecule has 0 saturated heterocycles. The molecule has 0 radical (unpaired) electrons. The van der Waals surface area contributed by atoms with E-state index in [-0.39, 0.29) is 23.4 Å². The molecular formula is C5H9Cl2N2PdS-. The van der Waals surface area contributed by atoms with E-state index < -0.39 is 0 Å². The zero-order valence-corrected chi connectivity index (χ0v) is 9.79. The number of aromatic amines is 1. The number of hydrogen-bond acceptors (Lipinski definition) is 2. The van der Waals surface area contributed by atoms with Crippen LogP contribution >= 0.6 is 31.7 Å². The molecule has 1 heterocycles. The first-order chi connectivity index (χ1) is 4.85. The minimum atomic E-state index is -0.106. The second-order valence-corrected chi connectivity index (χ2v) is 3.95. The van der Waals surface area contributed by atoms with Crippen molar-refractivity contribution in [2.24, 2.45) is 0 Å². The average Bonchev–Trinajstić information content (AvgIpc) is 2.39. The summed E-state index contributed by atoms with van der Waals surface area (Å²) in [6.07, 6.45) is 1.78. The second kappa shape index (κ2) is 10.8. The third-order valence-corrected chi connectivity index (χ3v) is 1.04. The summed E-state index contributed by atoms with van der Waals surface area (Å²) in [4.78, 5) is 0. The molecule has 0 aromatic carbocycles. The molecule has 1 aromatic rings. The summed E-state index contributed by atoms with van der Waals surface area (Å²) < 4.78 is 0. The third kappa shape index (κ3) is 8.71. The van der Waals surface area contributed by atoms with E-state index in [9.17, 15) is 0 Å². The summed E-state index contributed by atoms with van der Waals surface area (Å²) in [5, 5.41) is 6.52. The number of H-pyrrole nitrogens is 1. The van der Waals surface area contributed by atoms with Gasteiger partial charge in [0.1, 0.15) is 0 Å². The summed E-state index contributed by atoms with van der Waals surface area (Å²) in [5.74, 6) is 0.712. The van der Waals surface area contributed by atoms with Crippen molar-refractivity contribution in [2.75, 3.05) is 0 Å². The summed E-state index contributed by atoms with van der Waals surface area (Å²) in [7, 11) is 9.63. The van der Waals surface area contributed by atoms with Crippen molar-refractivity contribution >= 4 is 31.7 Å². The second-order valence-electron chi connectivity index (χ2n) is 1.27. The fraction of sp³-hybridized carbons (Fsp3) is 0.200. The molecule has 0 amide bonds. The molecule has 0 aliphatic rings. The van der Waals surface area contributed by atoms with Crippen molar-refractivity contribution in [1.29, 1.82) is 0 Å². The van der Waals surface area contributed by atoms with Gasteiger partial charge in [-0.25, -0.2) is 0 Å². The van der Waals surface area contributed by atoms with E-state index in [2.05, 4.69) is 22.8 Å². The van der Waals surface area contributed by atoms with Crippen LogP contribution in [0.3, 0.4) is 0 Å². The van der Waals surface area contributed by atoms with E-state index in [1.165, 1.54) is 0 Å². The number of nitrogens with zero attached hydrogens (tertiary/aromatic N) is 1. The number of hydrogen-bond donors (Lipinski definition) is 2. The fourth-order valence-corrected chi connectivity index (χ4v) is 0.555. The maximum absolute atomic E-state index is 4.81. The zero-order valence-electron chi connectivity index (χ0n) is 5.83. The van der Waals surface area contributed by atoms with Crippen molar-refractivity contribution in [3.63, 3.8) is 0 Å². The normalized spacial score (nSPS) is 7.91. The van der Waals surface area contributed by atoms with Crippen LogP contribution in [-0.2, 0) is 21.7 Å². The Morgan fingerprint density at radius 3 is 2.36 bits per heavy atom. The van der Waals surface area contributed by atoms with Gasteiger partial charge in [-0.3, -0.25) is 5.10 Å². The van der Waals surface area contributed by atoms with E-state index in [0.29, 0.717) is 5.75 Å². The summed E-state index contributed by atoms with van der Waals surface area (Å²) >= 11 is 3.89. The SMILES string of the molecule is SCc1cc[nH]n1.[CH3-].[Cl][Pd][Cl]. The van der Waals surface area contributed by atoms with Crippen LogP contribution in [0.15, 0.2) is 12.3 Å². The Morgan fingerprint density at radius 1 is 1.64 bits per heavy atom. The van der Waals surface area contributed by atoms with Crippen molar-refractivity contribution in [3.05, 3.63) is 25.4 Å². The number of thiol groups is 1. The molecule has 1 aromatic heterocycles. The quantitative estimate of drug-likeness (QED) is 0.466. The van der Waals surface area contributed by atoms with E-state index >= 15 is 0 Å². The van der Waals surface area contributed by atoms with Gasteiger partial charge >= 0.3 is 35.0 Å². The molecule has 0 spiro atoms. The Kier molecular flexibility index (Phi) is 14.1. The van der Waals surface area contributed by atoms with Gasteiger partial charge in [0.2, 0.25) is 0 Å². The summed E-state index contributed by atoms with van der Waals surface area (Å²) in [6.45, 7) is 0. The molecule has 0 atom stereocenters. The number of aromatic nitrogens is 2. The van der Waals surface area contributed by atoms with Crippen LogP contribution in [0.5, 0.6) is 0 Å². The monoisotopic (exact) mass is 305 g/mol. The van der Waals surface area contributed by atoms with Gasteiger partial charge in [-0.05, 0) is 6.07 Å². The summed E-state index contributed by atoms with van der Waals surface area (Å²) in [6, 6.07) is 1.90. The standard InChI is InChI=1S/C4H6N2S.CH3.2ClH.Pd/c7-3-4-1-2-5-6-4;;;;/h1-2,7H,3H2,(H,5,6);1H3;2*1H;/q;-1;;;+2/p-2. The van der Waals surface area contributed by atoms with Gasteiger partial charge in [0.05, 0.1) is 5.69 Å². The number of rotatable bonds is 1. The molecule has 1 N–H and O–H groups in total. The molecule has 0 saturated carbocycles. The van der Waals surface area contributed by atoms with Gasteiger partial charge in [0.25, 0.3) is 0 Å². The predicted octanol–water partition coefficient (Wildman–Crippen LogP) is 2.67. The molecule has 2 nitrogen and oxygen atoms in total. The first-order valence-electron chi connectivity index (χ1n) is 2.27. The fourth-order valence-electron chi connectivity index (χ4n) is 0.379. The van der Waals surface area contributed by atoms with E-state index in [4.69, 9.17) is 19.1 Å². The van der Waals surface area contributed by atoms with Gasteiger partial charge in [-0.1, -0.05) is 0 Å². The van der Waals surface area contributed by atoms with Crippen molar-refractivity contribution < 1.29 is 15.9 Å². The predicted molar refractivity (Wildman–Crippen MR) is 49.4 cm³/mol. The topological polar surface area (TPSA) is 28.7 Å².